The molecule has 5 heteroatoms. The second-order valence-electron chi connectivity index (χ2n) is 5.16. The summed E-state index contributed by atoms with van der Waals surface area (Å²) >= 11 is 0. The normalized spacial score (nSPS) is 27.9. The number of hydrogen-bond donors (Lipinski definition) is 0. The molecule has 0 amide bonds. The third-order valence-electron chi connectivity index (χ3n) is 4.23. The minimum Gasteiger partial charge on any atom is -0.354 e. The molecule has 0 radical (unpaired) electrons. The minimum absolute atomic E-state index is 0.382. The molecule has 3 heterocycles. The summed E-state index contributed by atoms with van der Waals surface area (Å²) in [4.78, 5) is 13.3. The Kier molecular flexibility index (Phi) is 2.88. The lowest BCUT2D eigenvalue weighted by atomic mass is 10.1. The first kappa shape index (κ1) is 11.4. The van der Waals surface area contributed by atoms with Gasteiger partial charge in [0, 0.05) is 25.2 Å². The maximum absolute atomic E-state index is 8.73. The molecule has 0 saturated carbocycles. The number of aromatic nitrogens is 2. The van der Waals surface area contributed by atoms with Crippen LogP contribution in [-0.2, 0) is 0 Å². The third kappa shape index (κ3) is 1.93. The van der Waals surface area contributed by atoms with Crippen LogP contribution in [0, 0.1) is 11.3 Å². The Balaban J connectivity index is 1.78. The van der Waals surface area contributed by atoms with Gasteiger partial charge in [-0.3, -0.25) is 4.90 Å². The summed E-state index contributed by atoms with van der Waals surface area (Å²) in [6.45, 7) is 2.06. The van der Waals surface area contributed by atoms with Crippen LogP contribution in [0.25, 0.3) is 0 Å². The first-order valence-electron chi connectivity index (χ1n) is 6.47. The predicted molar refractivity (Wildman–Crippen MR) is 68.2 cm³/mol. The van der Waals surface area contributed by atoms with Gasteiger partial charge in [-0.2, -0.15) is 5.26 Å². The summed E-state index contributed by atoms with van der Waals surface area (Å²) in [6.07, 6.45) is 7.07. The summed E-state index contributed by atoms with van der Waals surface area (Å²) in [5, 5.41) is 8.73. The van der Waals surface area contributed by atoms with Crippen LogP contribution in [0.1, 0.15) is 25.0 Å². The standard InChI is InChI=1S/C13H17N5/c1-17-11-2-3-12(17)9-18(5-4-11)13-8-15-10(6-14)7-16-13/h7-8,11-12H,2-5,9H2,1H3. The molecule has 1 aromatic rings. The van der Waals surface area contributed by atoms with Crippen LogP contribution >= 0.6 is 0 Å². The van der Waals surface area contributed by atoms with Crippen molar-refractivity contribution in [2.75, 3.05) is 25.0 Å². The van der Waals surface area contributed by atoms with Crippen molar-refractivity contribution in [3.05, 3.63) is 18.1 Å². The van der Waals surface area contributed by atoms with Crippen LogP contribution in [-0.4, -0.2) is 47.1 Å². The molecule has 0 aliphatic carbocycles. The van der Waals surface area contributed by atoms with Crippen LogP contribution < -0.4 is 4.90 Å². The van der Waals surface area contributed by atoms with Crippen LogP contribution in [0.4, 0.5) is 5.82 Å². The Morgan fingerprint density at radius 1 is 1.22 bits per heavy atom. The zero-order valence-corrected chi connectivity index (χ0v) is 10.6. The summed E-state index contributed by atoms with van der Waals surface area (Å²) < 4.78 is 0. The Morgan fingerprint density at radius 3 is 2.78 bits per heavy atom. The highest BCUT2D eigenvalue weighted by Crippen LogP contribution is 2.29. The smallest absolute Gasteiger partial charge is 0.158 e. The molecule has 2 saturated heterocycles. The van der Waals surface area contributed by atoms with E-state index in [-0.39, 0.29) is 0 Å². The van der Waals surface area contributed by atoms with Gasteiger partial charge in [0.1, 0.15) is 11.9 Å². The van der Waals surface area contributed by atoms with Gasteiger partial charge in [0.2, 0.25) is 0 Å². The SMILES string of the molecule is CN1C2CCC1CN(c1cnc(C#N)cn1)CC2. The molecular weight excluding hydrogens is 226 g/mol. The highest BCUT2D eigenvalue weighted by molar-refractivity contribution is 5.38. The molecule has 2 bridgehead atoms. The molecular formula is C13H17N5. The van der Waals surface area contributed by atoms with E-state index in [1.54, 1.807) is 12.4 Å². The molecule has 2 aliphatic heterocycles. The maximum atomic E-state index is 8.73. The molecule has 94 valence electrons. The van der Waals surface area contributed by atoms with Gasteiger partial charge >= 0.3 is 0 Å². The highest BCUT2D eigenvalue weighted by Gasteiger charge is 2.34. The molecule has 1 aromatic heterocycles. The zero-order chi connectivity index (χ0) is 12.5. The summed E-state index contributed by atoms with van der Waals surface area (Å²) in [6, 6.07) is 3.37. The number of anilines is 1. The fraction of sp³-hybridized carbons (Fsp3) is 0.615. The molecule has 2 aliphatic rings. The summed E-state index contributed by atoms with van der Waals surface area (Å²) in [5.41, 5.74) is 0.382. The van der Waals surface area contributed by atoms with Gasteiger partial charge in [0.15, 0.2) is 5.69 Å². The van der Waals surface area contributed by atoms with Crippen LogP contribution in [0.2, 0.25) is 0 Å². The Hall–Kier alpha value is -1.67. The Labute approximate surface area is 107 Å². The average Bonchev–Trinajstić information content (AvgIpc) is 2.64. The lowest BCUT2D eigenvalue weighted by Gasteiger charge is -2.26. The third-order valence-corrected chi connectivity index (χ3v) is 4.23. The number of hydrogen-bond acceptors (Lipinski definition) is 5. The zero-order valence-electron chi connectivity index (χ0n) is 10.6. The van der Waals surface area contributed by atoms with Crippen molar-refractivity contribution >= 4 is 5.82 Å². The predicted octanol–water partition coefficient (Wildman–Crippen LogP) is 1.02. The number of fused-ring (bicyclic) bond motifs is 2. The van der Waals surface area contributed by atoms with E-state index in [1.165, 1.54) is 19.3 Å². The number of nitriles is 1. The van der Waals surface area contributed by atoms with Crippen LogP contribution in [0.5, 0.6) is 0 Å². The fourth-order valence-electron chi connectivity index (χ4n) is 3.06. The van der Waals surface area contributed by atoms with Crippen molar-refractivity contribution in [3.63, 3.8) is 0 Å². The van der Waals surface area contributed by atoms with Crippen LogP contribution in [0.15, 0.2) is 12.4 Å². The van der Waals surface area contributed by atoms with E-state index in [2.05, 4.69) is 26.8 Å². The quantitative estimate of drug-likeness (QED) is 0.737. The molecule has 2 unspecified atom stereocenters. The molecule has 3 rings (SSSR count). The molecule has 0 N–H and O–H groups in total. The van der Waals surface area contributed by atoms with Gasteiger partial charge in [0.05, 0.1) is 12.4 Å². The average molecular weight is 243 g/mol. The Morgan fingerprint density at radius 2 is 2.06 bits per heavy atom. The largest absolute Gasteiger partial charge is 0.354 e. The van der Waals surface area contributed by atoms with E-state index in [0.717, 1.165) is 24.9 Å². The van der Waals surface area contributed by atoms with Crippen molar-refractivity contribution in [1.29, 1.82) is 5.26 Å². The molecule has 2 fully saturated rings. The second-order valence-corrected chi connectivity index (χ2v) is 5.16. The van der Waals surface area contributed by atoms with E-state index < -0.39 is 0 Å². The van der Waals surface area contributed by atoms with Gasteiger partial charge in [0.25, 0.3) is 0 Å². The van der Waals surface area contributed by atoms with Crippen molar-refractivity contribution in [1.82, 2.24) is 14.9 Å². The van der Waals surface area contributed by atoms with Gasteiger partial charge in [-0.1, -0.05) is 0 Å². The van der Waals surface area contributed by atoms with Crippen LogP contribution in [0.3, 0.4) is 0 Å². The number of likely N-dealkylation sites (N-methyl/N-ethyl adjacent to an activating group) is 1. The second kappa shape index (κ2) is 4.54. The van der Waals surface area contributed by atoms with Crippen molar-refractivity contribution in [3.8, 4) is 6.07 Å². The number of rotatable bonds is 1. The highest BCUT2D eigenvalue weighted by atomic mass is 15.3. The summed E-state index contributed by atoms with van der Waals surface area (Å²) in [5.74, 6) is 0.898. The maximum Gasteiger partial charge on any atom is 0.158 e. The van der Waals surface area contributed by atoms with E-state index in [4.69, 9.17) is 5.26 Å². The molecule has 0 aromatic carbocycles. The van der Waals surface area contributed by atoms with Gasteiger partial charge in [-0.15, -0.1) is 0 Å². The first-order chi connectivity index (χ1) is 8.78. The van der Waals surface area contributed by atoms with Crippen molar-refractivity contribution in [2.24, 2.45) is 0 Å². The Bertz CT molecular complexity index is 463. The van der Waals surface area contributed by atoms with Gasteiger partial charge in [-0.05, 0) is 26.3 Å². The lowest BCUT2D eigenvalue weighted by molar-refractivity contribution is 0.254. The molecule has 5 nitrogen and oxygen atoms in total. The van der Waals surface area contributed by atoms with E-state index in [9.17, 15) is 0 Å². The molecule has 2 atom stereocenters. The topological polar surface area (TPSA) is 56.0 Å². The van der Waals surface area contributed by atoms with E-state index >= 15 is 0 Å². The van der Waals surface area contributed by atoms with E-state index in [1.807, 2.05) is 6.07 Å². The molecule has 18 heavy (non-hydrogen) atoms. The minimum atomic E-state index is 0.382. The lowest BCUT2D eigenvalue weighted by Crippen LogP contribution is -2.37. The van der Waals surface area contributed by atoms with Crippen molar-refractivity contribution < 1.29 is 0 Å². The number of nitrogens with zero attached hydrogens (tertiary/aromatic N) is 5. The summed E-state index contributed by atoms with van der Waals surface area (Å²) in [7, 11) is 2.23. The molecule has 0 spiro atoms. The monoisotopic (exact) mass is 243 g/mol. The van der Waals surface area contributed by atoms with Gasteiger partial charge < -0.3 is 4.90 Å². The van der Waals surface area contributed by atoms with Crippen molar-refractivity contribution in [2.45, 2.75) is 31.3 Å². The van der Waals surface area contributed by atoms with Gasteiger partial charge in [-0.25, -0.2) is 9.97 Å². The fourth-order valence-corrected chi connectivity index (χ4v) is 3.06. The van der Waals surface area contributed by atoms with E-state index in [0.29, 0.717) is 11.7 Å². The first-order valence-corrected chi connectivity index (χ1v) is 6.47.